The number of amides is 4. The zero-order valence-electron chi connectivity index (χ0n) is 15.3. The van der Waals surface area contributed by atoms with Crippen LogP contribution in [0.1, 0.15) is 33.2 Å². The Balaban J connectivity index is 1.61. The van der Waals surface area contributed by atoms with Crippen LogP contribution in [0, 0.1) is 0 Å². The van der Waals surface area contributed by atoms with Gasteiger partial charge in [0.15, 0.2) is 6.10 Å². The molecule has 1 aromatic heterocycles. The number of hydrogen-bond donors (Lipinski definition) is 2. The third-order valence-electron chi connectivity index (χ3n) is 4.27. The van der Waals surface area contributed by atoms with E-state index in [9.17, 15) is 24.0 Å². The van der Waals surface area contributed by atoms with Crippen molar-refractivity contribution in [2.24, 2.45) is 5.73 Å². The van der Waals surface area contributed by atoms with E-state index in [1.54, 1.807) is 29.6 Å². The number of hydrogen-bond acceptors (Lipinski definition) is 7. The Labute approximate surface area is 169 Å². The minimum Gasteiger partial charge on any atom is -0.451 e. The van der Waals surface area contributed by atoms with Gasteiger partial charge in [-0.05, 0) is 30.0 Å². The summed E-state index contributed by atoms with van der Waals surface area (Å²) in [5.74, 6) is -3.39. The summed E-state index contributed by atoms with van der Waals surface area (Å²) in [4.78, 5) is 61.2. The monoisotopic (exact) mass is 415 g/mol. The van der Waals surface area contributed by atoms with Crippen molar-refractivity contribution in [3.05, 3.63) is 52.4 Å². The van der Waals surface area contributed by atoms with E-state index in [-0.39, 0.29) is 17.0 Å². The maximum atomic E-state index is 12.5. The number of nitrogens with one attached hydrogen (secondary N) is 1. The van der Waals surface area contributed by atoms with Crippen LogP contribution >= 0.6 is 11.3 Å². The van der Waals surface area contributed by atoms with Crippen molar-refractivity contribution in [3.8, 4) is 0 Å². The minimum atomic E-state index is -1.22. The number of carbonyl (C=O) groups is 5. The van der Waals surface area contributed by atoms with Crippen molar-refractivity contribution in [2.75, 3.05) is 11.9 Å². The molecule has 0 fully saturated rings. The summed E-state index contributed by atoms with van der Waals surface area (Å²) in [6, 6.07) is 8.11. The fraction of sp³-hybridized carbons (Fsp3) is 0.211. The largest absolute Gasteiger partial charge is 0.451 e. The Morgan fingerprint density at radius 1 is 1.24 bits per heavy atom. The van der Waals surface area contributed by atoms with Crippen molar-refractivity contribution in [2.45, 2.75) is 19.4 Å². The fourth-order valence-electron chi connectivity index (χ4n) is 2.79. The first-order valence-electron chi connectivity index (χ1n) is 8.58. The second-order valence-corrected chi connectivity index (χ2v) is 7.18. The summed E-state index contributed by atoms with van der Waals surface area (Å²) in [7, 11) is 0. The van der Waals surface area contributed by atoms with Gasteiger partial charge in [0.25, 0.3) is 17.7 Å². The number of fused-ring (bicyclic) bond motifs is 1. The Morgan fingerprint density at radius 2 is 1.97 bits per heavy atom. The summed E-state index contributed by atoms with van der Waals surface area (Å²) < 4.78 is 5.04. The molecule has 0 saturated carbocycles. The molecule has 1 atom stereocenters. The molecule has 1 aliphatic heterocycles. The van der Waals surface area contributed by atoms with Crippen molar-refractivity contribution < 1.29 is 28.7 Å². The zero-order valence-corrected chi connectivity index (χ0v) is 16.2. The molecular weight excluding hydrogens is 398 g/mol. The molecule has 3 rings (SSSR count). The van der Waals surface area contributed by atoms with Crippen LogP contribution in [0.25, 0.3) is 0 Å². The van der Waals surface area contributed by atoms with Gasteiger partial charge >= 0.3 is 5.97 Å². The van der Waals surface area contributed by atoms with E-state index in [1.165, 1.54) is 13.0 Å². The van der Waals surface area contributed by atoms with E-state index < -0.39 is 42.2 Å². The fourth-order valence-corrected chi connectivity index (χ4v) is 3.59. The summed E-state index contributed by atoms with van der Waals surface area (Å²) in [5, 5.41) is 4.29. The summed E-state index contributed by atoms with van der Waals surface area (Å²) in [5.41, 5.74) is 6.31. The number of carbonyl (C=O) groups excluding carboxylic acids is 5. The molecule has 29 heavy (non-hydrogen) atoms. The van der Waals surface area contributed by atoms with Gasteiger partial charge in [0, 0.05) is 5.56 Å². The summed E-state index contributed by atoms with van der Waals surface area (Å²) >= 11 is 1.09. The summed E-state index contributed by atoms with van der Waals surface area (Å²) in [6.45, 7) is 0.731. The molecule has 3 N–H and O–H groups in total. The van der Waals surface area contributed by atoms with Crippen LogP contribution in [0.2, 0.25) is 0 Å². The molecule has 10 heteroatoms. The Kier molecular flexibility index (Phi) is 5.74. The Bertz CT molecular complexity index is 1010. The first-order valence-corrected chi connectivity index (χ1v) is 9.46. The van der Waals surface area contributed by atoms with E-state index in [0.717, 1.165) is 16.2 Å². The topological polar surface area (TPSA) is 136 Å². The highest BCUT2D eigenvalue weighted by atomic mass is 32.1. The third kappa shape index (κ3) is 4.32. The van der Waals surface area contributed by atoms with Gasteiger partial charge in [-0.2, -0.15) is 0 Å². The van der Waals surface area contributed by atoms with Crippen molar-refractivity contribution in [1.82, 2.24) is 4.90 Å². The number of nitrogens with two attached hydrogens (primary N) is 1. The molecule has 4 amide bonds. The van der Waals surface area contributed by atoms with E-state index in [4.69, 9.17) is 10.5 Å². The van der Waals surface area contributed by atoms with Crippen molar-refractivity contribution >= 4 is 45.9 Å². The number of rotatable bonds is 6. The van der Waals surface area contributed by atoms with Gasteiger partial charge in [0.05, 0.1) is 12.0 Å². The lowest BCUT2D eigenvalue weighted by Gasteiger charge is -2.26. The van der Waals surface area contributed by atoms with Crippen LogP contribution in [0.3, 0.4) is 0 Å². The number of anilines is 1. The lowest BCUT2D eigenvalue weighted by atomic mass is 9.98. The molecule has 0 bridgehead atoms. The number of benzene rings is 1. The Morgan fingerprint density at radius 3 is 2.69 bits per heavy atom. The molecular formula is C19H17N3O6S. The quantitative estimate of drug-likeness (QED) is 0.532. The SMILES string of the molecule is C[C@H](OC(=O)CN1C(=O)Cc2ccccc2C1=O)C(=O)Nc1sccc1C(N)=O. The van der Waals surface area contributed by atoms with Crippen LogP contribution in [0.5, 0.6) is 0 Å². The molecule has 1 aliphatic rings. The maximum Gasteiger partial charge on any atom is 0.326 e. The molecule has 0 saturated heterocycles. The van der Waals surface area contributed by atoms with Crippen LogP contribution in [-0.2, 0) is 25.5 Å². The highest BCUT2D eigenvalue weighted by Crippen LogP contribution is 2.23. The van der Waals surface area contributed by atoms with Gasteiger partial charge in [-0.3, -0.25) is 28.9 Å². The predicted octanol–water partition coefficient (Wildman–Crippen LogP) is 0.942. The van der Waals surface area contributed by atoms with Gasteiger partial charge in [0.1, 0.15) is 11.5 Å². The second kappa shape index (κ2) is 8.23. The van der Waals surface area contributed by atoms with Crippen LogP contribution in [0.15, 0.2) is 35.7 Å². The number of imide groups is 1. The van der Waals surface area contributed by atoms with Crippen LogP contribution in [0.4, 0.5) is 5.00 Å². The first kappa shape index (κ1) is 20.2. The zero-order chi connectivity index (χ0) is 21.1. The number of primary amides is 1. The molecule has 0 spiro atoms. The molecule has 0 unspecified atom stereocenters. The third-order valence-corrected chi connectivity index (χ3v) is 5.10. The molecule has 2 heterocycles. The smallest absolute Gasteiger partial charge is 0.326 e. The standard InChI is InChI=1S/C19H17N3O6S/c1-10(17(26)21-18-13(16(20)25)6-7-29-18)28-15(24)9-22-14(23)8-11-4-2-3-5-12(11)19(22)27/h2-7,10H,8-9H2,1H3,(H2,20,25)(H,21,26)/t10-/m0/s1. The number of ether oxygens (including phenoxy) is 1. The number of nitrogens with zero attached hydrogens (tertiary/aromatic N) is 1. The normalized spacial score (nSPS) is 14.2. The van der Waals surface area contributed by atoms with Crippen LogP contribution in [-0.4, -0.2) is 47.1 Å². The molecule has 150 valence electrons. The molecule has 0 radical (unpaired) electrons. The van der Waals surface area contributed by atoms with E-state index in [2.05, 4.69) is 5.32 Å². The Hall–Kier alpha value is -3.53. The van der Waals surface area contributed by atoms with Crippen molar-refractivity contribution in [1.29, 1.82) is 0 Å². The highest BCUT2D eigenvalue weighted by molar-refractivity contribution is 7.14. The van der Waals surface area contributed by atoms with Crippen molar-refractivity contribution in [3.63, 3.8) is 0 Å². The van der Waals surface area contributed by atoms with Gasteiger partial charge in [0.2, 0.25) is 5.91 Å². The van der Waals surface area contributed by atoms with Gasteiger partial charge in [-0.1, -0.05) is 18.2 Å². The molecule has 0 aliphatic carbocycles. The van der Waals surface area contributed by atoms with Crippen LogP contribution < -0.4 is 11.1 Å². The van der Waals surface area contributed by atoms with E-state index in [0.29, 0.717) is 11.1 Å². The molecule has 2 aromatic rings. The number of thiophene rings is 1. The summed E-state index contributed by atoms with van der Waals surface area (Å²) in [6.07, 6.45) is -1.22. The van der Waals surface area contributed by atoms with Gasteiger partial charge in [-0.15, -0.1) is 11.3 Å². The molecule has 9 nitrogen and oxygen atoms in total. The lowest BCUT2D eigenvalue weighted by molar-refractivity contribution is -0.155. The maximum absolute atomic E-state index is 12.5. The van der Waals surface area contributed by atoms with Gasteiger partial charge < -0.3 is 15.8 Å². The van der Waals surface area contributed by atoms with Gasteiger partial charge in [-0.25, -0.2) is 0 Å². The predicted molar refractivity (Wildman–Crippen MR) is 103 cm³/mol. The van der Waals surface area contributed by atoms with E-state index >= 15 is 0 Å². The average Bonchev–Trinajstić information content (AvgIpc) is 3.13. The lowest BCUT2D eigenvalue weighted by Crippen LogP contribution is -2.46. The van der Waals surface area contributed by atoms with E-state index in [1.807, 2.05) is 0 Å². The first-order chi connectivity index (χ1) is 13.8. The highest BCUT2D eigenvalue weighted by Gasteiger charge is 2.33. The average molecular weight is 415 g/mol. The minimum absolute atomic E-state index is 0.000491. The number of esters is 1. The second-order valence-electron chi connectivity index (χ2n) is 6.27. The molecule has 1 aromatic carbocycles.